The number of aryl methyl sites for hydroxylation is 1. The van der Waals surface area contributed by atoms with Gasteiger partial charge in [0.05, 0.1) is 5.69 Å². The molecule has 2 aromatic heterocycles. The number of carbonyl (C=O) groups is 1. The number of aromatic amines is 1. The van der Waals surface area contributed by atoms with Crippen molar-refractivity contribution in [2.45, 2.75) is 31.1 Å². The first-order valence-electron chi connectivity index (χ1n) is 9.13. The molecular weight excluding hydrogens is 326 g/mol. The molecule has 2 aliphatic rings. The average Bonchev–Trinajstić information content (AvgIpc) is 3.26. The fraction of sp³-hybridized carbons (Fsp3) is 0.350. The van der Waals surface area contributed by atoms with Crippen LogP contribution >= 0.6 is 0 Å². The van der Waals surface area contributed by atoms with E-state index in [2.05, 4.69) is 15.0 Å². The van der Waals surface area contributed by atoms with E-state index in [1.165, 1.54) is 5.56 Å². The lowest BCUT2D eigenvalue weighted by atomic mass is 9.77. The zero-order chi connectivity index (χ0) is 17.7. The molecule has 0 bridgehead atoms. The predicted octanol–water partition coefficient (Wildman–Crippen LogP) is 2.66. The molecule has 3 N–H and O–H groups in total. The zero-order valence-electron chi connectivity index (χ0n) is 14.5. The Balaban J connectivity index is 1.46. The number of anilines is 1. The highest BCUT2D eigenvalue weighted by Gasteiger charge is 2.44. The lowest BCUT2D eigenvalue weighted by molar-refractivity contribution is 0.0633. The van der Waals surface area contributed by atoms with Crippen molar-refractivity contribution in [3.05, 3.63) is 53.5 Å². The Morgan fingerprint density at radius 1 is 1.27 bits per heavy atom. The van der Waals surface area contributed by atoms with Gasteiger partial charge in [-0.2, -0.15) is 0 Å². The summed E-state index contributed by atoms with van der Waals surface area (Å²) in [6.45, 7) is 1.50. The monoisotopic (exact) mass is 347 g/mol. The fourth-order valence-corrected chi connectivity index (χ4v) is 4.62. The van der Waals surface area contributed by atoms with Gasteiger partial charge in [0.15, 0.2) is 0 Å². The number of H-pyrrole nitrogens is 1. The molecule has 6 heteroatoms. The smallest absolute Gasteiger partial charge is 0.253 e. The van der Waals surface area contributed by atoms with Crippen LogP contribution in [0.15, 0.2) is 36.7 Å². The number of fused-ring (bicyclic) bond motifs is 3. The van der Waals surface area contributed by atoms with Gasteiger partial charge in [0.2, 0.25) is 5.95 Å². The number of piperidine rings is 1. The van der Waals surface area contributed by atoms with Crippen LogP contribution in [0.25, 0.3) is 10.9 Å². The molecular formula is C20H21N5O. The Morgan fingerprint density at radius 3 is 3.12 bits per heavy atom. The number of aromatic nitrogens is 3. The Morgan fingerprint density at radius 2 is 2.19 bits per heavy atom. The largest absolute Gasteiger partial charge is 0.368 e. The molecule has 3 aromatic rings. The summed E-state index contributed by atoms with van der Waals surface area (Å²) in [5, 5.41) is 1.12. The number of rotatable bonds is 1. The van der Waals surface area contributed by atoms with Crippen LogP contribution in [0.3, 0.4) is 0 Å². The van der Waals surface area contributed by atoms with Crippen LogP contribution in [0.4, 0.5) is 5.95 Å². The van der Waals surface area contributed by atoms with E-state index >= 15 is 0 Å². The number of nitrogen functional groups attached to an aromatic ring is 1. The van der Waals surface area contributed by atoms with Crippen molar-refractivity contribution in [1.29, 1.82) is 0 Å². The highest BCUT2D eigenvalue weighted by Crippen LogP contribution is 2.44. The summed E-state index contributed by atoms with van der Waals surface area (Å²) >= 11 is 0. The van der Waals surface area contributed by atoms with Crippen molar-refractivity contribution < 1.29 is 4.79 Å². The Bertz CT molecular complexity index is 1010. The molecule has 3 heterocycles. The summed E-state index contributed by atoms with van der Waals surface area (Å²) < 4.78 is 0. The lowest BCUT2D eigenvalue weighted by Gasteiger charge is -2.40. The van der Waals surface area contributed by atoms with E-state index in [-0.39, 0.29) is 11.3 Å². The highest BCUT2D eigenvalue weighted by atomic mass is 16.2. The summed E-state index contributed by atoms with van der Waals surface area (Å²) in [5.41, 5.74) is 9.74. The number of nitrogens with one attached hydrogen (secondary N) is 1. The van der Waals surface area contributed by atoms with Gasteiger partial charge in [0.25, 0.3) is 5.91 Å². The minimum atomic E-state index is -0.0726. The summed E-state index contributed by atoms with van der Waals surface area (Å²) in [4.78, 5) is 27.0. The second-order valence-electron chi connectivity index (χ2n) is 7.49. The van der Waals surface area contributed by atoms with Gasteiger partial charge in [-0.25, -0.2) is 9.97 Å². The first-order valence-corrected chi connectivity index (χ1v) is 9.13. The van der Waals surface area contributed by atoms with E-state index in [0.717, 1.165) is 54.4 Å². The van der Waals surface area contributed by atoms with Crippen LogP contribution in [0, 0.1) is 0 Å². The first-order chi connectivity index (χ1) is 12.6. The second-order valence-corrected chi connectivity index (χ2v) is 7.49. The van der Waals surface area contributed by atoms with Gasteiger partial charge in [-0.15, -0.1) is 0 Å². The number of likely N-dealkylation sites (tertiary alicyclic amines) is 1. The molecule has 6 nitrogen and oxygen atoms in total. The molecule has 1 aromatic carbocycles. The molecule has 1 aliphatic heterocycles. The predicted molar refractivity (Wildman–Crippen MR) is 99.9 cm³/mol. The van der Waals surface area contributed by atoms with E-state index in [1.807, 2.05) is 41.6 Å². The van der Waals surface area contributed by atoms with Gasteiger partial charge in [-0.1, -0.05) is 6.07 Å². The van der Waals surface area contributed by atoms with Crippen LogP contribution in [-0.2, 0) is 11.8 Å². The molecule has 1 fully saturated rings. The minimum Gasteiger partial charge on any atom is -0.368 e. The molecule has 1 unspecified atom stereocenters. The van der Waals surface area contributed by atoms with E-state index in [1.54, 1.807) is 0 Å². The normalized spacial score (nSPS) is 22.1. The topological polar surface area (TPSA) is 87.9 Å². The van der Waals surface area contributed by atoms with Gasteiger partial charge in [0.1, 0.15) is 0 Å². The average molecular weight is 347 g/mol. The van der Waals surface area contributed by atoms with Crippen molar-refractivity contribution in [2.24, 2.45) is 0 Å². The zero-order valence-corrected chi connectivity index (χ0v) is 14.5. The van der Waals surface area contributed by atoms with Crippen molar-refractivity contribution in [3.63, 3.8) is 0 Å². The number of nitrogens with zero attached hydrogens (tertiary/aromatic N) is 3. The summed E-state index contributed by atoms with van der Waals surface area (Å²) in [6.07, 6.45) is 7.77. The maximum absolute atomic E-state index is 13.1. The van der Waals surface area contributed by atoms with Gasteiger partial charge in [0, 0.05) is 42.0 Å². The standard InChI is InChI=1S/C20H21N5O/c21-19-23-11-15-4-7-20(17(15)24-19)6-1-9-25(12-20)18(26)14-3-2-13-5-8-22-16(13)10-14/h2-3,5,8,10-11,22H,1,4,6-7,9,12H2,(H2,21,23,24). The number of amides is 1. The maximum Gasteiger partial charge on any atom is 0.253 e. The maximum atomic E-state index is 13.1. The van der Waals surface area contributed by atoms with E-state index in [4.69, 9.17) is 5.73 Å². The van der Waals surface area contributed by atoms with Crippen LogP contribution < -0.4 is 5.73 Å². The van der Waals surface area contributed by atoms with Crippen LogP contribution in [0.1, 0.15) is 40.9 Å². The fourth-order valence-electron chi connectivity index (χ4n) is 4.62. The third-order valence-corrected chi connectivity index (χ3v) is 5.92. The van der Waals surface area contributed by atoms with Crippen LogP contribution in [0.5, 0.6) is 0 Å². The number of benzene rings is 1. The molecule has 0 saturated carbocycles. The Kier molecular flexibility index (Phi) is 3.29. The summed E-state index contributed by atoms with van der Waals surface area (Å²) in [5.74, 6) is 0.418. The van der Waals surface area contributed by atoms with Gasteiger partial charge >= 0.3 is 0 Å². The molecule has 0 radical (unpaired) electrons. The third-order valence-electron chi connectivity index (χ3n) is 5.92. The first kappa shape index (κ1) is 15.4. The van der Waals surface area contributed by atoms with Crippen molar-refractivity contribution in [1.82, 2.24) is 19.9 Å². The quantitative estimate of drug-likeness (QED) is 0.708. The molecule has 1 aliphatic carbocycles. The van der Waals surface area contributed by atoms with Gasteiger partial charge in [-0.3, -0.25) is 4.79 Å². The highest BCUT2D eigenvalue weighted by molar-refractivity contribution is 5.98. The molecule has 1 atom stereocenters. The summed E-state index contributed by atoms with van der Waals surface area (Å²) in [7, 11) is 0. The van der Waals surface area contributed by atoms with Crippen molar-refractivity contribution in [3.8, 4) is 0 Å². The van der Waals surface area contributed by atoms with Crippen LogP contribution in [-0.4, -0.2) is 38.8 Å². The van der Waals surface area contributed by atoms with E-state index in [9.17, 15) is 4.79 Å². The molecule has 26 heavy (non-hydrogen) atoms. The van der Waals surface area contributed by atoms with Gasteiger partial charge in [-0.05, 0) is 54.8 Å². The van der Waals surface area contributed by atoms with Crippen molar-refractivity contribution in [2.75, 3.05) is 18.8 Å². The summed E-state index contributed by atoms with van der Waals surface area (Å²) in [6, 6.07) is 7.88. The van der Waals surface area contributed by atoms with Crippen LogP contribution in [0.2, 0.25) is 0 Å². The van der Waals surface area contributed by atoms with Crippen molar-refractivity contribution >= 4 is 22.8 Å². The molecule has 5 rings (SSSR count). The SMILES string of the molecule is Nc1ncc2c(n1)C1(CCCN(C(=O)c3ccc4cc[nH]c4c3)C1)CC2. The number of carbonyl (C=O) groups excluding carboxylic acids is 1. The molecule has 1 amide bonds. The lowest BCUT2D eigenvalue weighted by Crippen LogP contribution is -2.48. The number of hydrogen-bond acceptors (Lipinski definition) is 4. The van der Waals surface area contributed by atoms with Gasteiger partial charge < -0.3 is 15.6 Å². The van der Waals surface area contributed by atoms with E-state index in [0.29, 0.717) is 12.5 Å². The second kappa shape index (κ2) is 5.56. The molecule has 1 saturated heterocycles. The third kappa shape index (κ3) is 2.29. The Labute approximate surface area is 151 Å². The number of hydrogen-bond donors (Lipinski definition) is 2. The minimum absolute atomic E-state index is 0.0726. The molecule has 132 valence electrons. The number of nitrogens with two attached hydrogens (primary N) is 1. The van der Waals surface area contributed by atoms with E-state index < -0.39 is 0 Å². The Hall–Kier alpha value is -2.89. The molecule has 1 spiro atoms.